The van der Waals surface area contributed by atoms with Crippen molar-refractivity contribution in [1.29, 1.82) is 0 Å². The molecule has 5 heteroatoms. The van der Waals surface area contributed by atoms with Crippen LogP contribution >= 0.6 is 0 Å². The van der Waals surface area contributed by atoms with Gasteiger partial charge in [-0.15, -0.1) is 0 Å². The molecule has 1 amide bonds. The Balaban J connectivity index is 1.34. The number of anilines is 1. The zero-order valence-corrected chi connectivity index (χ0v) is 12.2. The Morgan fingerprint density at radius 3 is 2.68 bits per heavy atom. The van der Waals surface area contributed by atoms with Gasteiger partial charge in [-0.2, -0.15) is 0 Å². The molecule has 0 atom stereocenters. The number of carbonyl (C=O) groups excluding carboxylic acids is 1. The van der Waals surface area contributed by atoms with E-state index in [1.54, 1.807) is 12.4 Å². The first-order valence-corrected chi connectivity index (χ1v) is 7.43. The standard InChI is InChI=1S/C17H19N3O2/c21-17(22-12-13-5-2-1-3-6-13)20-16-9-15(10-16)19-14-7-4-8-18-11-14/h1-8,11,15-16,19H,9-10,12H2,(H,20,21). The van der Waals surface area contributed by atoms with E-state index < -0.39 is 0 Å². The molecule has 0 spiro atoms. The Hall–Kier alpha value is -2.56. The summed E-state index contributed by atoms with van der Waals surface area (Å²) in [5, 5.41) is 6.27. The summed E-state index contributed by atoms with van der Waals surface area (Å²) in [7, 11) is 0. The van der Waals surface area contributed by atoms with Crippen LogP contribution in [0.4, 0.5) is 10.5 Å². The minimum atomic E-state index is -0.353. The molecule has 22 heavy (non-hydrogen) atoms. The van der Waals surface area contributed by atoms with Crippen LogP contribution in [0.3, 0.4) is 0 Å². The third-order valence-corrected chi connectivity index (χ3v) is 3.71. The Kier molecular flexibility index (Phi) is 4.53. The second kappa shape index (κ2) is 6.93. The van der Waals surface area contributed by atoms with E-state index in [1.807, 2.05) is 42.5 Å². The minimum Gasteiger partial charge on any atom is -0.445 e. The number of carbonyl (C=O) groups is 1. The molecule has 114 valence electrons. The van der Waals surface area contributed by atoms with E-state index in [0.717, 1.165) is 24.1 Å². The highest BCUT2D eigenvalue weighted by Gasteiger charge is 2.30. The normalized spacial score (nSPS) is 19.8. The van der Waals surface area contributed by atoms with E-state index in [1.165, 1.54) is 0 Å². The summed E-state index contributed by atoms with van der Waals surface area (Å²) in [4.78, 5) is 15.8. The monoisotopic (exact) mass is 297 g/mol. The first kappa shape index (κ1) is 14.4. The number of amides is 1. The molecule has 1 aliphatic rings. The second-order valence-electron chi connectivity index (χ2n) is 5.46. The quantitative estimate of drug-likeness (QED) is 0.890. The van der Waals surface area contributed by atoms with Gasteiger partial charge < -0.3 is 15.4 Å². The van der Waals surface area contributed by atoms with Gasteiger partial charge in [0, 0.05) is 24.5 Å². The predicted octanol–water partition coefficient (Wildman–Crippen LogP) is 2.95. The molecule has 1 aliphatic carbocycles. The maximum absolute atomic E-state index is 11.7. The van der Waals surface area contributed by atoms with E-state index in [0.29, 0.717) is 12.6 Å². The van der Waals surface area contributed by atoms with E-state index >= 15 is 0 Å². The molecule has 5 nitrogen and oxygen atoms in total. The Labute approximate surface area is 129 Å². The van der Waals surface area contributed by atoms with Crippen LogP contribution in [-0.2, 0) is 11.3 Å². The number of alkyl carbamates (subject to hydrolysis) is 1. The summed E-state index contributed by atoms with van der Waals surface area (Å²) in [6, 6.07) is 14.1. The highest BCUT2D eigenvalue weighted by molar-refractivity contribution is 5.67. The van der Waals surface area contributed by atoms with E-state index in [9.17, 15) is 4.79 Å². The largest absolute Gasteiger partial charge is 0.445 e. The number of benzene rings is 1. The minimum absolute atomic E-state index is 0.178. The second-order valence-corrected chi connectivity index (χ2v) is 5.46. The lowest BCUT2D eigenvalue weighted by Gasteiger charge is -2.36. The van der Waals surface area contributed by atoms with Crippen LogP contribution in [0.1, 0.15) is 18.4 Å². The van der Waals surface area contributed by atoms with Crippen LogP contribution in [0, 0.1) is 0 Å². The molecule has 3 rings (SSSR count). The molecule has 0 aliphatic heterocycles. The third-order valence-electron chi connectivity index (χ3n) is 3.71. The van der Waals surface area contributed by atoms with Crippen LogP contribution < -0.4 is 10.6 Å². The number of nitrogens with one attached hydrogen (secondary N) is 2. The topological polar surface area (TPSA) is 63.2 Å². The number of pyridine rings is 1. The first-order chi connectivity index (χ1) is 10.8. The summed E-state index contributed by atoms with van der Waals surface area (Å²) >= 11 is 0. The van der Waals surface area contributed by atoms with Crippen molar-refractivity contribution in [3.05, 3.63) is 60.4 Å². The molecule has 0 unspecified atom stereocenters. The van der Waals surface area contributed by atoms with Crippen molar-refractivity contribution in [2.24, 2.45) is 0 Å². The summed E-state index contributed by atoms with van der Waals surface area (Å²) in [5.41, 5.74) is 2.00. The lowest BCUT2D eigenvalue weighted by molar-refractivity contribution is 0.129. The molecule has 1 aromatic heterocycles. The highest BCUT2D eigenvalue weighted by Crippen LogP contribution is 2.24. The van der Waals surface area contributed by atoms with Crippen molar-refractivity contribution in [2.45, 2.75) is 31.5 Å². The molecule has 2 N–H and O–H groups in total. The van der Waals surface area contributed by atoms with Crippen LogP contribution in [0.25, 0.3) is 0 Å². The molecule has 1 fully saturated rings. The fourth-order valence-electron chi connectivity index (χ4n) is 2.47. The number of nitrogens with zero attached hydrogens (tertiary/aromatic N) is 1. The van der Waals surface area contributed by atoms with Crippen LogP contribution in [0.15, 0.2) is 54.9 Å². The van der Waals surface area contributed by atoms with Gasteiger partial charge in [0.15, 0.2) is 0 Å². The van der Waals surface area contributed by atoms with Gasteiger partial charge >= 0.3 is 6.09 Å². The predicted molar refractivity (Wildman–Crippen MR) is 84.4 cm³/mol. The molecular formula is C17H19N3O2. The molecular weight excluding hydrogens is 278 g/mol. The zero-order chi connectivity index (χ0) is 15.2. The SMILES string of the molecule is O=C(NC1CC(Nc2cccnc2)C1)OCc1ccccc1. The molecule has 1 heterocycles. The van der Waals surface area contributed by atoms with Gasteiger partial charge in [-0.25, -0.2) is 4.79 Å². The van der Waals surface area contributed by atoms with Gasteiger partial charge in [-0.05, 0) is 30.5 Å². The van der Waals surface area contributed by atoms with E-state index in [4.69, 9.17) is 4.74 Å². The Bertz CT molecular complexity index is 598. The van der Waals surface area contributed by atoms with Crippen molar-refractivity contribution in [2.75, 3.05) is 5.32 Å². The number of hydrogen-bond acceptors (Lipinski definition) is 4. The summed E-state index contributed by atoms with van der Waals surface area (Å²) in [5.74, 6) is 0. The van der Waals surface area contributed by atoms with E-state index in [2.05, 4.69) is 15.6 Å². The molecule has 0 radical (unpaired) electrons. The average molecular weight is 297 g/mol. The highest BCUT2D eigenvalue weighted by atomic mass is 16.5. The number of hydrogen-bond donors (Lipinski definition) is 2. The van der Waals surface area contributed by atoms with Gasteiger partial charge in [-0.1, -0.05) is 30.3 Å². The number of ether oxygens (including phenoxy) is 1. The van der Waals surface area contributed by atoms with Crippen molar-refractivity contribution in [3.63, 3.8) is 0 Å². The van der Waals surface area contributed by atoms with Crippen LogP contribution in [-0.4, -0.2) is 23.2 Å². The third kappa shape index (κ3) is 3.97. The summed E-state index contributed by atoms with van der Waals surface area (Å²) in [6.07, 6.45) is 4.99. The molecule has 0 saturated heterocycles. The summed E-state index contributed by atoms with van der Waals surface area (Å²) in [6.45, 7) is 0.302. The van der Waals surface area contributed by atoms with Crippen molar-refractivity contribution in [1.82, 2.24) is 10.3 Å². The summed E-state index contributed by atoms with van der Waals surface area (Å²) < 4.78 is 5.21. The molecule has 2 aromatic rings. The molecule has 1 saturated carbocycles. The first-order valence-electron chi connectivity index (χ1n) is 7.43. The van der Waals surface area contributed by atoms with Gasteiger partial charge in [0.05, 0.1) is 5.69 Å². The fraction of sp³-hybridized carbons (Fsp3) is 0.294. The van der Waals surface area contributed by atoms with Gasteiger partial charge in [-0.3, -0.25) is 4.98 Å². The lowest BCUT2D eigenvalue weighted by atomic mass is 9.87. The van der Waals surface area contributed by atoms with Gasteiger partial charge in [0.2, 0.25) is 0 Å². The Morgan fingerprint density at radius 1 is 1.14 bits per heavy atom. The van der Waals surface area contributed by atoms with Crippen LogP contribution in [0.5, 0.6) is 0 Å². The van der Waals surface area contributed by atoms with Crippen molar-refractivity contribution in [3.8, 4) is 0 Å². The average Bonchev–Trinajstić information content (AvgIpc) is 2.53. The van der Waals surface area contributed by atoms with Crippen molar-refractivity contribution >= 4 is 11.8 Å². The van der Waals surface area contributed by atoms with Crippen LogP contribution in [0.2, 0.25) is 0 Å². The fourth-order valence-corrected chi connectivity index (χ4v) is 2.47. The van der Waals surface area contributed by atoms with Gasteiger partial charge in [0.1, 0.15) is 6.61 Å². The lowest BCUT2D eigenvalue weighted by Crippen LogP contribution is -2.49. The van der Waals surface area contributed by atoms with Crippen molar-refractivity contribution < 1.29 is 9.53 Å². The maximum Gasteiger partial charge on any atom is 0.407 e. The number of aromatic nitrogens is 1. The number of rotatable bonds is 5. The zero-order valence-electron chi connectivity index (χ0n) is 12.2. The molecule has 1 aromatic carbocycles. The van der Waals surface area contributed by atoms with Gasteiger partial charge in [0.25, 0.3) is 0 Å². The maximum atomic E-state index is 11.7. The smallest absolute Gasteiger partial charge is 0.407 e. The van der Waals surface area contributed by atoms with E-state index in [-0.39, 0.29) is 12.1 Å². The Morgan fingerprint density at radius 2 is 1.95 bits per heavy atom. The molecule has 0 bridgehead atoms.